The SMILES string of the molecule is CCCCCCCCCCCCCCCCCCCCCCCCC/C=C/CC/C=C/C(O)C(COP(=O)(O)OCC[N+](C)(C)C)NC(=O)CCCCCCCCCCCCCCCCCCCCCCCCCCCCCCCCCCCC. The molecule has 0 saturated heterocycles. The fraction of sp³-hybridized carbons (Fsp3) is 0.934. The first-order valence-electron chi connectivity index (χ1n) is 38.2. The maximum Gasteiger partial charge on any atom is 0.472 e. The first-order valence-corrected chi connectivity index (χ1v) is 39.7. The number of hydrogen-bond donors (Lipinski definition) is 3. The molecular weight excluding hydrogens is 1070 g/mol. The van der Waals surface area contributed by atoms with Crippen LogP contribution in [0.3, 0.4) is 0 Å². The normalized spacial score (nSPS) is 13.6. The Morgan fingerprint density at radius 1 is 0.388 bits per heavy atom. The Hall–Kier alpha value is -1.02. The Balaban J connectivity index is 3.99. The zero-order valence-electron chi connectivity index (χ0n) is 58.1. The van der Waals surface area contributed by atoms with Crippen molar-refractivity contribution >= 4 is 13.7 Å². The van der Waals surface area contributed by atoms with Crippen molar-refractivity contribution in [1.82, 2.24) is 5.32 Å². The molecule has 8 nitrogen and oxygen atoms in total. The van der Waals surface area contributed by atoms with Crippen LogP contribution < -0.4 is 5.32 Å². The van der Waals surface area contributed by atoms with Crippen LogP contribution in [-0.2, 0) is 18.4 Å². The van der Waals surface area contributed by atoms with Crippen molar-refractivity contribution in [3.63, 3.8) is 0 Å². The van der Waals surface area contributed by atoms with Gasteiger partial charge in [0.25, 0.3) is 0 Å². The van der Waals surface area contributed by atoms with Crippen molar-refractivity contribution in [2.75, 3.05) is 40.9 Å². The maximum absolute atomic E-state index is 13.1. The molecule has 0 aromatic rings. The van der Waals surface area contributed by atoms with Crippen molar-refractivity contribution in [1.29, 1.82) is 0 Å². The monoisotopic (exact) mass is 1220 g/mol. The standard InChI is InChI=1S/C76H151N2O6P/c1-6-8-10-12-14-16-18-20-22-24-26-28-30-32-34-36-37-38-39-40-42-44-46-48-50-52-54-56-58-60-62-64-66-68-70-76(80)77-74(73-84-85(81,82)83-72-71-78(3,4)5)75(79)69-67-65-63-61-59-57-55-53-51-49-47-45-43-41-35-33-31-29-27-25-23-21-19-17-15-13-11-9-7-2/h59,61,67,69,74-75,79H,6-58,60,62-66,68,70-73H2,1-5H3,(H-,77,80,81,82)/p+1/b61-59+,69-67+. The van der Waals surface area contributed by atoms with Crippen LogP contribution in [0.25, 0.3) is 0 Å². The molecule has 0 aliphatic carbocycles. The molecule has 0 saturated carbocycles. The molecule has 1 amide bonds. The number of amides is 1. The Morgan fingerprint density at radius 3 is 0.941 bits per heavy atom. The van der Waals surface area contributed by atoms with Crippen LogP contribution in [0.2, 0.25) is 0 Å². The molecule has 0 spiro atoms. The summed E-state index contributed by atoms with van der Waals surface area (Å²) < 4.78 is 23.8. The molecule has 3 N–H and O–H groups in total. The number of hydrogen-bond acceptors (Lipinski definition) is 5. The highest BCUT2D eigenvalue weighted by Crippen LogP contribution is 2.43. The number of aliphatic hydroxyl groups excluding tert-OH is 1. The Labute approximate surface area is 532 Å². The van der Waals surface area contributed by atoms with Gasteiger partial charge >= 0.3 is 7.82 Å². The molecule has 9 heteroatoms. The highest BCUT2D eigenvalue weighted by molar-refractivity contribution is 7.47. The molecule has 0 bridgehead atoms. The molecule has 0 aliphatic heterocycles. The van der Waals surface area contributed by atoms with E-state index in [-0.39, 0.29) is 19.1 Å². The van der Waals surface area contributed by atoms with E-state index in [2.05, 4.69) is 31.3 Å². The average Bonchev–Trinajstić information content (AvgIpc) is 3.53. The van der Waals surface area contributed by atoms with Crippen molar-refractivity contribution in [3.05, 3.63) is 24.3 Å². The van der Waals surface area contributed by atoms with Crippen molar-refractivity contribution < 1.29 is 32.9 Å². The minimum absolute atomic E-state index is 0.0592. The van der Waals surface area contributed by atoms with Gasteiger partial charge in [-0.2, -0.15) is 0 Å². The molecule has 0 rings (SSSR count). The topological polar surface area (TPSA) is 105 Å². The number of aliphatic hydroxyl groups is 1. The number of allylic oxidation sites excluding steroid dienone is 3. The van der Waals surface area contributed by atoms with Gasteiger partial charge in [-0.05, 0) is 32.1 Å². The number of nitrogens with one attached hydrogen (secondary N) is 1. The summed E-state index contributed by atoms with van der Waals surface area (Å²) in [6.45, 7) is 4.87. The molecule has 85 heavy (non-hydrogen) atoms. The highest BCUT2D eigenvalue weighted by atomic mass is 31.2. The summed E-state index contributed by atoms with van der Waals surface area (Å²) in [6, 6.07) is -0.862. The summed E-state index contributed by atoms with van der Waals surface area (Å²) in [5.74, 6) is -0.177. The summed E-state index contributed by atoms with van der Waals surface area (Å²) in [4.78, 5) is 23.5. The Morgan fingerprint density at radius 2 is 0.647 bits per heavy atom. The molecular formula is C76H152N2O6P+. The van der Waals surface area contributed by atoms with Gasteiger partial charge in [-0.3, -0.25) is 13.8 Å². The quantitative estimate of drug-likeness (QED) is 0.0243. The number of carbonyl (C=O) groups is 1. The Kier molecular flexibility index (Phi) is 66.6. The van der Waals surface area contributed by atoms with Gasteiger partial charge in [-0.25, -0.2) is 4.57 Å². The van der Waals surface area contributed by atoms with E-state index in [4.69, 9.17) is 9.05 Å². The van der Waals surface area contributed by atoms with E-state index in [9.17, 15) is 19.4 Å². The number of carbonyl (C=O) groups excluding carboxylic acids is 1. The van der Waals surface area contributed by atoms with Crippen molar-refractivity contribution in [3.8, 4) is 0 Å². The number of rotatable bonds is 72. The number of unbranched alkanes of at least 4 members (excludes halogenated alkanes) is 57. The summed E-state index contributed by atoms with van der Waals surface area (Å²) in [7, 11) is 1.58. The van der Waals surface area contributed by atoms with Gasteiger partial charge in [0.2, 0.25) is 5.91 Å². The van der Waals surface area contributed by atoms with E-state index >= 15 is 0 Å². The van der Waals surface area contributed by atoms with Gasteiger partial charge < -0.3 is 19.8 Å². The van der Waals surface area contributed by atoms with E-state index in [1.807, 2.05) is 27.2 Å². The van der Waals surface area contributed by atoms with Gasteiger partial charge in [0.15, 0.2) is 0 Å². The fourth-order valence-electron chi connectivity index (χ4n) is 12.0. The maximum atomic E-state index is 13.1. The molecule has 0 aromatic carbocycles. The van der Waals surface area contributed by atoms with Crippen LogP contribution in [0, 0.1) is 0 Å². The smallest absolute Gasteiger partial charge is 0.387 e. The summed E-state index contributed by atoms with van der Waals surface area (Å²) in [5, 5.41) is 14.0. The van der Waals surface area contributed by atoms with E-state index in [1.54, 1.807) is 6.08 Å². The average molecular weight is 1220 g/mol. The van der Waals surface area contributed by atoms with Crippen LogP contribution in [0.15, 0.2) is 24.3 Å². The van der Waals surface area contributed by atoms with Gasteiger partial charge in [-0.1, -0.05) is 391 Å². The first kappa shape index (κ1) is 84.0. The number of nitrogens with zero attached hydrogens (tertiary/aromatic N) is 1. The predicted octanol–water partition coefficient (Wildman–Crippen LogP) is 24.6. The van der Waals surface area contributed by atoms with Gasteiger partial charge in [0.1, 0.15) is 13.2 Å². The van der Waals surface area contributed by atoms with E-state index in [0.717, 1.165) is 38.5 Å². The molecule has 0 aliphatic rings. The summed E-state index contributed by atoms with van der Waals surface area (Å²) >= 11 is 0. The van der Waals surface area contributed by atoms with Crippen LogP contribution in [0.1, 0.15) is 406 Å². The second-order valence-corrected chi connectivity index (χ2v) is 29.2. The summed E-state index contributed by atoms with van der Waals surface area (Å²) in [5.41, 5.74) is 0. The lowest BCUT2D eigenvalue weighted by Crippen LogP contribution is -2.45. The van der Waals surface area contributed by atoms with Crippen LogP contribution >= 0.6 is 7.82 Å². The second-order valence-electron chi connectivity index (χ2n) is 27.7. The van der Waals surface area contributed by atoms with Gasteiger partial charge in [-0.15, -0.1) is 0 Å². The van der Waals surface area contributed by atoms with Crippen LogP contribution in [0.5, 0.6) is 0 Å². The van der Waals surface area contributed by atoms with E-state index < -0.39 is 20.0 Å². The largest absolute Gasteiger partial charge is 0.472 e. The number of quaternary nitrogens is 1. The number of phosphoric ester groups is 1. The lowest BCUT2D eigenvalue weighted by atomic mass is 10.0. The number of likely N-dealkylation sites (N-methyl/N-ethyl adjacent to an activating group) is 1. The second kappa shape index (κ2) is 67.4. The van der Waals surface area contributed by atoms with Gasteiger partial charge in [0, 0.05) is 6.42 Å². The number of phosphoric acid groups is 1. The molecule has 0 aromatic heterocycles. The van der Waals surface area contributed by atoms with Gasteiger partial charge in [0.05, 0.1) is 39.9 Å². The molecule has 0 radical (unpaired) electrons. The highest BCUT2D eigenvalue weighted by Gasteiger charge is 2.28. The first-order chi connectivity index (χ1) is 41.5. The fourth-order valence-corrected chi connectivity index (χ4v) is 12.7. The lowest BCUT2D eigenvalue weighted by molar-refractivity contribution is -0.870. The minimum Gasteiger partial charge on any atom is -0.387 e. The molecule has 506 valence electrons. The molecule has 0 heterocycles. The summed E-state index contributed by atoms with van der Waals surface area (Å²) in [6.07, 6.45) is 89.4. The van der Waals surface area contributed by atoms with E-state index in [0.29, 0.717) is 17.4 Å². The molecule has 3 atom stereocenters. The third-order valence-corrected chi connectivity index (χ3v) is 18.9. The van der Waals surface area contributed by atoms with Crippen LogP contribution in [0.4, 0.5) is 0 Å². The van der Waals surface area contributed by atoms with Crippen LogP contribution in [-0.4, -0.2) is 73.4 Å². The third kappa shape index (κ3) is 70.3. The van der Waals surface area contributed by atoms with Crippen molar-refractivity contribution in [2.24, 2.45) is 0 Å². The molecule has 0 fully saturated rings. The van der Waals surface area contributed by atoms with E-state index in [1.165, 1.54) is 347 Å². The predicted molar refractivity (Wildman–Crippen MR) is 374 cm³/mol. The third-order valence-electron chi connectivity index (χ3n) is 17.9. The zero-order chi connectivity index (χ0) is 61.9. The zero-order valence-corrected chi connectivity index (χ0v) is 59.0. The lowest BCUT2D eigenvalue weighted by Gasteiger charge is -2.25. The van der Waals surface area contributed by atoms with Crippen molar-refractivity contribution in [2.45, 2.75) is 418 Å². The Bertz CT molecular complexity index is 1430. The minimum atomic E-state index is -4.36. The molecule has 3 unspecified atom stereocenters.